The molecule has 4 aromatic rings. The normalized spacial score (nSPS) is 16.9. The van der Waals surface area contributed by atoms with Gasteiger partial charge in [-0.05, 0) is 49.2 Å². The zero-order chi connectivity index (χ0) is 26.4. The van der Waals surface area contributed by atoms with Gasteiger partial charge < -0.3 is 9.84 Å². The standard InChI is InChI=1S/C27H21N3O6S/c1-14-7-8-15(2)19(11-14)24(31)22-23(16-5-4-6-17(12-16)30(34)35)29(26(33)25(22)32)27-28-20-10-9-18(36-3)13-21(20)37-27/h4-13,23,31H,1-3H3/b24-22+. The number of anilines is 1. The summed E-state index contributed by atoms with van der Waals surface area (Å²) in [7, 11) is 1.54. The number of nitro benzene ring substituents is 1. The first kappa shape index (κ1) is 24.1. The summed E-state index contributed by atoms with van der Waals surface area (Å²) in [4.78, 5) is 43.6. The van der Waals surface area contributed by atoms with Crippen molar-refractivity contribution in [2.24, 2.45) is 0 Å². The lowest BCUT2D eigenvalue weighted by atomic mass is 9.93. The second kappa shape index (κ2) is 9.14. The lowest BCUT2D eigenvalue weighted by molar-refractivity contribution is -0.384. The SMILES string of the molecule is COc1ccc2nc(N3C(=O)C(=O)/C(=C(/O)c4cc(C)ccc4C)C3c3cccc([N+](=O)[O-])c3)sc2c1. The zero-order valence-electron chi connectivity index (χ0n) is 20.1. The Bertz CT molecular complexity index is 1640. The number of hydrogen-bond acceptors (Lipinski definition) is 8. The Balaban J connectivity index is 1.77. The van der Waals surface area contributed by atoms with Crippen molar-refractivity contribution in [1.82, 2.24) is 4.98 Å². The van der Waals surface area contributed by atoms with E-state index in [9.17, 15) is 24.8 Å². The molecule has 0 saturated carbocycles. The predicted octanol–water partition coefficient (Wildman–Crippen LogP) is 5.46. The van der Waals surface area contributed by atoms with Crippen LogP contribution < -0.4 is 9.64 Å². The highest BCUT2D eigenvalue weighted by molar-refractivity contribution is 7.22. The molecule has 1 atom stereocenters. The molecule has 1 aromatic heterocycles. The highest BCUT2D eigenvalue weighted by Gasteiger charge is 2.48. The second-order valence-electron chi connectivity index (χ2n) is 8.67. The van der Waals surface area contributed by atoms with Gasteiger partial charge in [-0.3, -0.25) is 24.6 Å². The third-order valence-corrected chi connectivity index (χ3v) is 7.30. The maximum absolute atomic E-state index is 13.4. The van der Waals surface area contributed by atoms with E-state index in [0.29, 0.717) is 28.0 Å². The van der Waals surface area contributed by atoms with E-state index in [-0.39, 0.29) is 22.2 Å². The van der Waals surface area contributed by atoms with Crippen molar-refractivity contribution >= 4 is 49.8 Å². The van der Waals surface area contributed by atoms with Gasteiger partial charge in [0.05, 0.1) is 33.9 Å². The van der Waals surface area contributed by atoms with Gasteiger partial charge in [-0.1, -0.05) is 41.2 Å². The van der Waals surface area contributed by atoms with Gasteiger partial charge in [0.15, 0.2) is 5.13 Å². The maximum atomic E-state index is 13.4. The van der Waals surface area contributed by atoms with Gasteiger partial charge in [0, 0.05) is 17.7 Å². The number of aliphatic hydroxyl groups excluding tert-OH is 1. The molecule has 1 amide bonds. The smallest absolute Gasteiger partial charge is 0.301 e. The fourth-order valence-corrected chi connectivity index (χ4v) is 5.43. The largest absolute Gasteiger partial charge is 0.507 e. The molecule has 186 valence electrons. The minimum Gasteiger partial charge on any atom is -0.507 e. The first-order valence-electron chi connectivity index (χ1n) is 11.3. The molecule has 1 aliphatic heterocycles. The number of methoxy groups -OCH3 is 1. The van der Waals surface area contributed by atoms with Gasteiger partial charge in [0.2, 0.25) is 0 Å². The zero-order valence-corrected chi connectivity index (χ0v) is 20.9. The summed E-state index contributed by atoms with van der Waals surface area (Å²) in [6.07, 6.45) is 0. The van der Waals surface area contributed by atoms with Crippen molar-refractivity contribution < 1.29 is 24.4 Å². The first-order chi connectivity index (χ1) is 17.7. The predicted molar refractivity (Wildman–Crippen MR) is 140 cm³/mol. The van der Waals surface area contributed by atoms with E-state index in [0.717, 1.165) is 10.3 Å². The molecule has 3 aromatic carbocycles. The van der Waals surface area contributed by atoms with Crippen LogP contribution in [0.25, 0.3) is 16.0 Å². The van der Waals surface area contributed by atoms with Crippen LogP contribution in [0.15, 0.2) is 66.2 Å². The lowest BCUT2D eigenvalue weighted by Gasteiger charge is -2.23. The van der Waals surface area contributed by atoms with Crippen LogP contribution in [0.2, 0.25) is 0 Å². The van der Waals surface area contributed by atoms with Crippen LogP contribution in [0.4, 0.5) is 10.8 Å². The molecule has 37 heavy (non-hydrogen) atoms. The Morgan fingerprint density at radius 1 is 1.11 bits per heavy atom. The van der Waals surface area contributed by atoms with Crippen molar-refractivity contribution in [2.75, 3.05) is 12.0 Å². The third kappa shape index (κ3) is 4.11. The fourth-order valence-electron chi connectivity index (χ4n) is 4.41. The number of carbonyl (C=O) groups excluding carboxylic acids is 2. The Hall–Kier alpha value is -4.57. The summed E-state index contributed by atoms with van der Waals surface area (Å²) in [6, 6.07) is 15.2. The molecule has 1 N–H and O–H groups in total. The molecular weight excluding hydrogens is 494 g/mol. The topological polar surface area (TPSA) is 123 Å². The number of ketones is 1. The maximum Gasteiger partial charge on any atom is 0.301 e. The van der Waals surface area contributed by atoms with Gasteiger partial charge in [-0.15, -0.1) is 0 Å². The number of Topliss-reactive ketones (excluding diaryl/α,β-unsaturated/α-hetero) is 1. The minimum atomic E-state index is -1.12. The molecule has 1 fully saturated rings. The number of nitro groups is 1. The van der Waals surface area contributed by atoms with Crippen molar-refractivity contribution in [3.8, 4) is 5.75 Å². The number of aromatic nitrogens is 1. The van der Waals surface area contributed by atoms with Gasteiger partial charge in [-0.2, -0.15) is 0 Å². The van der Waals surface area contributed by atoms with Crippen LogP contribution >= 0.6 is 11.3 Å². The molecule has 0 aliphatic carbocycles. The average molecular weight is 516 g/mol. The minimum absolute atomic E-state index is 0.156. The lowest BCUT2D eigenvalue weighted by Crippen LogP contribution is -2.29. The van der Waals surface area contributed by atoms with E-state index >= 15 is 0 Å². The number of hydrogen-bond donors (Lipinski definition) is 1. The monoisotopic (exact) mass is 515 g/mol. The molecule has 0 radical (unpaired) electrons. The Morgan fingerprint density at radius 3 is 2.62 bits per heavy atom. The van der Waals surface area contributed by atoms with Crippen LogP contribution in [0, 0.1) is 24.0 Å². The number of ether oxygens (including phenoxy) is 1. The number of thiazole rings is 1. The van der Waals surface area contributed by atoms with E-state index in [2.05, 4.69) is 4.98 Å². The number of amides is 1. The van der Waals surface area contributed by atoms with Gasteiger partial charge in [0.25, 0.3) is 11.5 Å². The number of non-ortho nitro benzene ring substituents is 1. The Morgan fingerprint density at radius 2 is 1.89 bits per heavy atom. The highest BCUT2D eigenvalue weighted by Crippen LogP contribution is 2.45. The van der Waals surface area contributed by atoms with Crippen molar-refractivity contribution in [3.63, 3.8) is 0 Å². The summed E-state index contributed by atoms with van der Waals surface area (Å²) in [5, 5.41) is 23.2. The average Bonchev–Trinajstić information content (AvgIpc) is 3.42. The van der Waals surface area contributed by atoms with E-state index in [1.54, 1.807) is 37.3 Å². The van der Waals surface area contributed by atoms with Crippen LogP contribution in [-0.4, -0.2) is 33.8 Å². The summed E-state index contributed by atoms with van der Waals surface area (Å²) in [5.41, 5.74) is 2.50. The summed E-state index contributed by atoms with van der Waals surface area (Å²) >= 11 is 1.18. The van der Waals surface area contributed by atoms with E-state index < -0.39 is 22.7 Å². The summed E-state index contributed by atoms with van der Waals surface area (Å²) in [5.74, 6) is -1.52. The molecule has 1 unspecified atom stereocenters. The van der Waals surface area contributed by atoms with Crippen LogP contribution in [0.1, 0.15) is 28.3 Å². The van der Waals surface area contributed by atoms with Crippen LogP contribution in [-0.2, 0) is 9.59 Å². The second-order valence-corrected chi connectivity index (χ2v) is 9.68. The number of aryl methyl sites for hydroxylation is 2. The van der Waals surface area contributed by atoms with Gasteiger partial charge in [0.1, 0.15) is 11.5 Å². The summed E-state index contributed by atoms with van der Waals surface area (Å²) < 4.78 is 6.00. The number of rotatable bonds is 5. The molecule has 1 aliphatic rings. The molecule has 2 heterocycles. The quantitative estimate of drug-likeness (QED) is 0.123. The molecule has 5 rings (SSSR count). The van der Waals surface area contributed by atoms with E-state index in [1.165, 1.54) is 41.5 Å². The van der Waals surface area contributed by atoms with Crippen molar-refractivity contribution in [2.45, 2.75) is 19.9 Å². The molecule has 9 nitrogen and oxygen atoms in total. The molecule has 0 bridgehead atoms. The van der Waals surface area contributed by atoms with Crippen LogP contribution in [0.5, 0.6) is 5.75 Å². The van der Waals surface area contributed by atoms with Crippen LogP contribution in [0.3, 0.4) is 0 Å². The number of benzene rings is 3. The number of nitrogens with zero attached hydrogens (tertiary/aromatic N) is 3. The molecule has 10 heteroatoms. The van der Waals surface area contributed by atoms with E-state index in [4.69, 9.17) is 4.74 Å². The van der Waals surface area contributed by atoms with Gasteiger partial charge in [-0.25, -0.2) is 4.98 Å². The molecule has 0 spiro atoms. The first-order valence-corrected chi connectivity index (χ1v) is 12.1. The van der Waals surface area contributed by atoms with Crippen molar-refractivity contribution in [3.05, 3.63) is 98.6 Å². The molecular formula is C27H21N3O6S. The Kier molecular flexibility index (Phi) is 5.96. The Labute approximate surface area is 215 Å². The number of carbonyl (C=O) groups is 2. The summed E-state index contributed by atoms with van der Waals surface area (Å²) in [6.45, 7) is 3.64. The third-order valence-electron chi connectivity index (χ3n) is 6.28. The van der Waals surface area contributed by atoms with Gasteiger partial charge >= 0.3 is 5.91 Å². The van der Waals surface area contributed by atoms with E-state index in [1.807, 2.05) is 19.1 Å². The number of aliphatic hydroxyl groups is 1. The number of fused-ring (bicyclic) bond motifs is 1. The fraction of sp³-hybridized carbons (Fsp3) is 0.148. The van der Waals surface area contributed by atoms with Crippen molar-refractivity contribution in [1.29, 1.82) is 0 Å². The highest BCUT2D eigenvalue weighted by atomic mass is 32.1. The molecule has 1 saturated heterocycles.